The molecule has 11 rings (SSSR count). The summed E-state index contributed by atoms with van der Waals surface area (Å²) in [6, 6.07) is 62.0. The van der Waals surface area contributed by atoms with Crippen molar-refractivity contribution in [2.75, 3.05) is 0 Å². The Hall–Kier alpha value is -8.14. The number of fused-ring (bicyclic) bond motifs is 6. The Morgan fingerprint density at radius 2 is 0.790 bits per heavy atom. The van der Waals surface area contributed by atoms with E-state index in [1.165, 1.54) is 43.8 Å². The lowest BCUT2D eigenvalue weighted by atomic mass is 9.96. The molecule has 11 aromatic rings. The fraction of sp³-hybridized carbons (Fsp3) is 0.0714. The van der Waals surface area contributed by atoms with Gasteiger partial charge in [-0.1, -0.05) is 113 Å². The third-order valence-electron chi connectivity index (χ3n) is 12.0. The average molecular weight is 797 g/mol. The summed E-state index contributed by atoms with van der Waals surface area (Å²) in [6.45, 7) is 8.58. The van der Waals surface area contributed by atoms with Gasteiger partial charge in [0.2, 0.25) is 0 Å². The van der Waals surface area contributed by atoms with Crippen LogP contribution in [0, 0.1) is 39.0 Å². The molecule has 0 saturated heterocycles. The quantitative estimate of drug-likeness (QED) is 0.168. The van der Waals surface area contributed by atoms with Crippen LogP contribution in [0.4, 0.5) is 0 Å². The van der Waals surface area contributed by atoms with Gasteiger partial charge in [-0.05, 0) is 107 Å². The van der Waals surface area contributed by atoms with Gasteiger partial charge in [-0.2, -0.15) is 5.26 Å². The van der Waals surface area contributed by atoms with E-state index < -0.39 is 0 Å². The first-order valence-corrected chi connectivity index (χ1v) is 20.9. The van der Waals surface area contributed by atoms with E-state index in [1.54, 1.807) is 0 Å². The zero-order chi connectivity index (χ0) is 42.1. The Morgan fingerprint density at radius 3 is 1.23 bits per heavy atom. The van der Waals surface area contributed by atoms with Crippen molar-refractivity contribution in [2.45, 2.75) is 27.7 Å². The highest BCUT2D eigenvalue weighted by Crippen LogP contribution is 2.43. The maximum Gasteiger partial charge on any atom is 0.164 e. The summed E-state index contributed by atoms with van der Waals surface area (Å²) in [5.41, 5.74) is 16.3. The van der Waals surface area contributed by atoms with Crippen LogP contribution in [-0.2, 0) is 0 Å². The molecular formula is C56H40N6. The minimum Gasteiger partial charge on any atom is -0.309 e. The van der Waals surface area contributed by atoms with Crippen LogP contribution in [0.1, 0.15) is 27.8 Å². The zero-order valence-corrected chi connectivity index (χ0v) is 34.8. The van der Waals surface area contributed by atoms with Crippen molar-refractivity contribution >= 4 is 43.6 Å². The molecule has 0 aliphatic carbocycles. The largest absolute Gasteiger partial charge is 0.309 e. The lowest BCUT2D eigenvalue weighted by molar-refractivity contribution is 1.07. The van der Waals surface area contributed by atoms with Gasteiger partial charge in [0.05, 0.1) is 45.1 Å². The SMILES string of the molecule is Cc1ccc2c(c1)c1cc(C)ccc1n2-c1ccc(-c2nc(-c3ccccc3)nc(-c3ccccc3)n2)cc1-c1ccc(C#N)cc1-n1c2ccc(C)cc2c2cc(C)ccc21. The van der Waals surface area contributed by atoms with Crippen LogP contribution >= 0.6 is 0 Å². The second kappa shape index (κ2) is 14.5. The van der Waals surface area contributed by atoms with E-state index in [0.29, 0.717) is 23.0 Å². The highest BCUT2D eigenvalue weighted by molar-refractivity contribution is 6.12. The van der Waals surface area contributed by atoms with Crippen LogP contribution in [0.2, 0.25) is 0 Å². The molecule has 6 heteroatoms. The van der Waals surface area contributed by atoms with Gasteiger partial charge in [-0.3, -0.25) is 0 Å². The highest BCUT2D eigenvalue weighted by atomic mass is 15.0. The van der Waals surface area contributed by atoms with Gasteiger partial charge in [0.1, 0.15) is 0 Å². The Morgan fingerprint density at radius 1 is 0.371 bits per heavy atom. The van der Waals surface area contributed by atoms with Gasteiger partial charge in [0.25, 0.3) is 0 Å². The van der Waals surface area contributed by atoms with Crippen LogP contribution in [0.3, 0.4) is 0 Å². The Labute approximate surface area is 359 Å². The van der Waals surface area contributed by atoms with E-state index in [9.17, 15) is 5.26 Å². The number of nitriles is 1. The summed E-state index contributed by atoms with van der Waals surface area (Å²) in [5.74, 6) is 1.77. The Balaban J connectivity index is 1.25. The monoisotopic (exact) mass is 796 g/mol. The summed E-state index contributed by atoms with van der Waals surface area (Å²) in [6.07, 6.45) is 0. The van der Waals surface area contributed by atoms with Crippen molar-refractivity contribution < 1.29 is 0 Å². The Bertz CT molecular complexity index is 3450. The van der Waals surface area contributed by atoms with E-state index in [1.807, 2.05) is 72.8 Å². The predicted molar refractivity (Wildman–Crippen MR) is 254 cm³/mol. The molecule has 62 heavy (non-hydrogen) atoms. The maximum atomic E-state index is 10.5. The van der Waals surface area contributed by atoms with Crippen LogP contribution in [0.25, 0.3) is 100 Å². The first-order chi connectivity index (χ1) is 30.3. The average Bonchev–Trinajstić information content (AvgIpc) is 3.79. The molecular weight excluding hydrogens is 757 g/mol. The second-order valence-corrected chi connectivity index (χ2v) is 16.4. The smallest absolute Gasteiger partial charge is 0.164 e. The summed E-state index contributed by atoms with van der Waals surface area (Å²) >= 11 is 0. The first kappa shape index (κ1) is 36.9. The Kier molecular flexibility index (Phi) is 8.66. The number of aromatic nitrogens is 5. The maximum absolute atomic E-state index is 10.5. The topological polar surface area (TPSA) is 72.3 Å². The van der Waals surface area contributed by atoms with Gasteiger partial charge in [0.15, 0.2) is 17.5 Å². The molecule has 0 bridgehead atoms. The summed E-state index contributed by atoms with van der Waals surface area (Å²) in [7, 11) is 0. The van der Waals surface area contributed by atoms with E-state index in [2.05, 4.69) is 140 Å². The third kappa shape index (κ3) is 6.14. The van der Waals surface area contributed by atoms with Gasteiger partial charge in [-0.25, -0.2) is 15.0 Å². The minimum absolute atomic E-state index is 0.567. The second-order valence-electron chi connectivity index (χ2n) is 16.4. The third-order valence-corrected chi connectivity index (χ3v) is 12.0. The van der Waals surface area contributed by atoms with Crippen molar-refractivity contribution in [3.8, 4) is 62.7 Å². The molecule has 0 fully saturated rings. The molecule has 0 aliphatic rings. The van der Waals surface area contributed by atoms with E-state index >= 15 is 0 Å². The standard InChI is InChI=1S/C56H40N6/c1-34-15-22-48-43(27-34)44-28-35(2)16-23-49(44)61(48)52-26-20-41(56-59-54(39-11-7-5-8-12-39)58-55(60-56)40-13-9-6-10-14-40)32-47(52)42-21-19-38(33-57)31-53(42)62-50-24-17-36(3)29-45(50)46-30-37(4)18-25-51(46)62/h5-32H,1-4H3. The first-order valence-electron chi connectivity index (χ1n) is 20.9. The molecule has 0 unspecified atom stereocenters. The molecule has 6 nitrogen and oxygen atoms in total. The van der Waals surface area contributed by atoms with Gasteiger partial charge in [0, 0.05) is 49.4 Å². The molecule has 0 atom stereocenters. The highest BCUT2D eigenvalue weighted by Gasteiger charge is 2.23. The van der Waals surface area contributed by atoms with E-state index in [-0.39, 0.29) is 0 Å². The molecule has 0 spiro atoms. The van der Waals surface area contributed by atoms with E-state index in [4.69, 9.17) is 15.0 Å². The van der Waals surface area contributed by atoms with Gasteiger partial charge >= 0.3 is 0 Å². The molecule has 0 aliphatic heterocycles. The number of hydrogen-bond donors (Lipinski definition) is 0. The van der Waals surface area contributed by atoms with Crippen molar-refractivity contribution in [1.82, 2.24) is 24.1 Å². The van der Waals surface area contributed by atoms with Gasteiger partial charge < -0.3 is 9.13 Å². The lowest BCUT2D eigenvalue weighted by Gasteiger charge is -2.20. The molecule has 8 aromatic carbocycles. The molecule has 0 N–H and O–H groups in total. The fourth-order valence-electron chi connectivity index (χ4n) is 9.06. The molecule has 0 radical (unpaired) electrons. The van der Waals surface area contributed by atoms with Crippen LogP contribution in [0.15, 0.2) is 170 Å². The molecule has 0 amide bonds. The zero-order valence-electron chi connectivity index (χ0n) is 34.8. The van der Waals surface area contributed by atoms with Crippen LogP contribution < -0.4 is 0 Å². The predicted octanol–water partition coefficient (Wildman–Crippen LogP) is 13.8. The molecule has 0 saturated carbocycles. The van der Waals surface area contributed by atoms with Crippen molar-refractivity contribution in [1.29, 1.82) is 5.26 Å². The van der Waals surface area contributed by atoms with Crippen LogP contribution in [-0.4, -0.2) is 24.1 Å². The molecule has 3 aromatic heterocycles. The normalized spacial score (nSPS) is 11.5. The number of benzene rings is 8. The minimum atomic E-state index is 0.567. The van der Waals surface area contributed by atoms with Crippen molar-refractivity contribution in [2.24, 2.45) is 0 Å². The number of nitrogens with zero attached hydrogens (tertiary/aromatic N) is 6. The number of hydrogen-bond acceptors (Lipinski definition) is 4. The lowest BCUT2D eigenvalue weighted by Crippen LogP contribution is -2.04. The van der Waals surface area contributed by atoms with E-state index in [0.717, 1.165) is 61.3 Å². The summed E-state index contributed by atoms with van der Waals surface area (Å²) in [5, 5.41) is 15.2. The number of aryl methyl sites for hydroxylation is 4. The van der Waals surface area contributed by atoms with Crippen molar-refractivity contribution in [3.63, 3.8) is 0 Å². The summed E-state index contributed by atoms with van der Waals surface area (Å²) in [4.78, 5) is 15.3. The molecule has 294 valence electrons. The summed E-state index contributed by atoms with van der Waals surface area (Å²) < 4.78 is 4.72. The fourth-order valence-corrected chi connectivity index (χ4v) is 9.06. The number of rotatable bonds is 6. The van der Waals surface area contributed by atoms with Crippen LogP contribution in [0.5, 0.6) is 0 Å². The molecule has 3 heterocycles. The van der Waals surface area contributed by atoms with Gasteiger partial charge in [-0.15, -0.1) is 0 Å². The van der Waals surface area contributed by atoms with Crippen molar-refractivity contribution in [3.05, 3.63) is 198 Å².